The minimum absolute atomic E-state index is 0.00741. The predicted octanol–water partition coefficient (Wildman–Crippen LogP) is 3.56. The zero-order valence-corrected chi connectivity index (χ0v) is 24.1. The number of ether oxygens (including phenoxy) is 2. The van der Waals surface area contributed by atoms with Crippen molar-refractivity contribution in [1.82, 2.24) is 9.80 Å². The normalized spacial score (nSPS) is 33.0. The molecular weight excluding hydrogens is 472 g/mol. The third-order valence-corrected chi connectivity index (χ3v) is 8.67. The Kier molecular flexibility index (Phi) is 8.27. The average molecular weight is 521 g/mol. The number of aliphatic hydroxyl groups is 1. The van der Waals surface area contributed by atoms with Gasteiger partial charge in [0, 0.05) is 25.2 Å². The summed E-state index contributed by atoms with van der Waals surface area (Å²) >= 11 is 0. The Morgan fingerprint density at radius 2 is 1.92 bits per heavy atom. The molecule has 0 aliphatic carbocycles. The number of hydrogen-bond donors (Lipinski definition) is 1. The second-order valence-electron chi connectivity index (χ2n) is 13.2. The Morgan fingerprint density at radius 1 is 1.27 bits per heavy atom. The highest BCUT2D eigenvalue weighted by Crippen LogP contribution is 2.65. The highest BCUT2D eigenvalue weighted by atomic mass is 16.6. The molecule has 0 aromatic heterocycles. The fourth-order valence-corrected chi connectivity index (χ4v) is 7.55. The van der Waals surface area contributed by atoms with Crippen molar-refractivity contribution in [2.45, 2.75) is 104 Å². The molecule has 8 nitrogen and oxygen atoms in total. The predicted molar refractivity (Wildman–Crippen MR) is 141 cm³/mol. The molecule has 3 saturated heterocycles. The third-order valence-electron chi connectivity index (χ3n) is 8.67. The van der Waals surface area contributed by atoms with Gasteiger partial charge in [0.15, 0.2) is 0 Å². The molecule has 2 bridgehead atoms. The first kappa shape index (κ1) is 29.6. The van der Waals surface area contributed by atoms with E-state index in [-0.39, 0.29) is 36.4 Å². The lowest BCUT2D eigenvalue weighted by molar-refractivity contribution is -0.162. The van der Waals surface area contributed by atoms with Crippen molar-refractivity contribution in [1.29, 1.82) is 0 Å². The van der Waals surface area contributed by atoms with Crippen LogP contribution in [0.5, 0.6) is 0 Å². The summed E-state index contributed by atoms with van der Waals surface area (Å²) in [6, 6.07) is -0.855. The summed E-state index contributed by atoms with van der Waals surface area (Å²) in [5.41, 5.74) is -2.52. The van der Waals surface area contributed by atoms with Gasteiger partial charge < -0.3 is 24.4 Å². The van der Waals surface area contributed by atoms with Gasteiger partial charge in [-0.25, -0.2) is 0 Å². The van der Waals surface area contributed by atoms with Gasteiger partial charge in [-0.05, 0) is 64.7 Å². The van der Waals surface area contributed by atoms with Gasteiger partial charge in [-0.3, -0.25) is 14.4 Å². The number of amides is 2. The summed E-state index contributed by atoms with van der Waals surface area (Å²) < 4.78 is 12.2. The molecule has 0 radical (unpaired) electrons. The van der Waals surface area contributed by atoms with Gasteiger partial charge in [0.25, 0.3) is 0 Å². The summed E-state index contributed by atoms with van der Waals surface area (Å²) in [4.78, 5) is 45.4. The lowest BCUT2D eigenvalue weighted by atomic mass is 9.62. The number of fused-ring (bicyclic) bond motifs is 1. The maximum atomic E-state index is 14.6. The van der Waals surface area contributed by atoms with Crippen LogP contribution in [0.1, 0.15) is 81.1 Å². The standard InChI is InChI=1S/C29H48N2O6/c1-10-14-31(27(7,8)18-26(4,5)6)24(34)22-29-17-19(3)28(9,37-29)21(25(35)36-11-2)20(29)23(33)30(22)15-12-13-16-32/h10,19-22,32H,1,11-18H2,2-9H3/t19?,20-,21+,22?,28-,29?/m0/s1. The molecule has 1 N–H and O–H groups in total. The second kappa shape index (κ2) is 10.3. The Bertz CT molecular complexity index is 911. The average Bonchev–Trinajstić information content (AvgIpc) is 3.27. The number of likely N-dealkylation sites (tertiary alicyclic amines) is 1. The number of unbranched alkanes of at least 4 members (excludes halogenated alkanes) is 1. The third kappa shape index (κ3) is 4.96. The van der Waals surface area contributed by atoms with E-state index in [1.165, 1.54) is 0 Å². The first-order chi connectivity index (χ1) is 17.1. The molecule has 3 fully saturated rings. The summed E-state index contributed by atoms with van der Waals surface area (Å²) in [5.74, 6) is -2.40. The summed E-state index contributed by atoms with van der Waals surface area (Å²) in [7, 11) is 0. The largest absolute Gasteiger partial charge is 0.466 e. The van der Waals surface area contributed by atoms with Crippen molar-refractivity contribution in [2.75, 3.05) is 26.3 Å². The molecule has 0 aromatic rings. The van der Waals surface area contributed by atoms with Gasteiger partial charge in [0.2, 0.25) is 11.8 Å². The molecule has 0 aromatic carbocycles. The van der Waals surface area contributed by atoms with Crippen LogP contribution >= 0.6 is 0 Å². The van der Waals surface area contributed by atoms with Crippen LogP contribution in [0.3, 0.4) is 0 Å². The van der Waals surface area contributed by atoms with E-state index in [4.69, 9.17) is 9.47 Å². The molecule has 3 heterocycles. The van der Waals surface area contributed by atoms with Crippen molar-refractivity contribution >= 4 is 17.8 Å². The minimum atomic E-state index is -1.10. The SMILES string of the molecule is C=CCN(C(=O)C1N(CCCCO)C(=O)[C@@H]2[C@H](C(=O)OCC)[C@@]3(C)OC12CC3C)C(C)(C)CC(C)(C)C. The fourth-order valence-electron chi connectivity index (χ4n) is 7.55. The van der Waals surface area contributed by atoms with Gasteiger partial charge in [0.1, 0.15) is 17.6 Å². The van der Waals surface area contributed by atoms with Crippen LogP contribution < -0.4 is 0 Å². The number of rotatable bonds is 11. The van der Waals surface area contributed by atoms with Crippen LogP contribution in [-0.4, -0.2) is 81.8 Å². The summed E-state index contributed by atoms with van der Waals surface area (Å²) in [6.07, 6.45) is 4.07. The van der Waals surface area contributed by atoms with Crippen molar-refractivity contribution in [3.05, 3.63) is 12.7 Å². The van der Waals surface area contributed by atoms with E-state index in [0.29, 0.717) is 32.4 Å². The Morgan fingerprint density at radius 3 is 2.46 bits per heavy atom. The zero-order valence-electron chi connectivity index (χ0n) is 24.1. The number of nitrogens with zero attached hydrogens (tertiary/aromatic N) is 2. The minimum Gasteiger partial charge on any atom is -0.466 e. The highest BCUT2D eigenvalue weighted by molar-refractivity contribution is 5.98. The molecule has 3 unspecified atom stereocenters. The van der Waals surface area contributed by atoms with Crippen LogP contribution in [0.15, 0.2) is 12.7 Å². The number of carbonyl (C=O) groups is 3. The van der Waals surface area contributed by atoms with Gasteiger partial charge in [0.05, 0.1) is 18.1 Å². The number of esters is 1. The molecule has 37 heavy (non-hydrogen) atoms. The lowest BCUT2D eigenvalue weighted by Gasteiger charge is -2.45. The van der Waals surface area contributed by atoms with E-state index in [2.05, 4.69) is 41.2 Å². The van der Waals surface area contributed by atoms with Crippen LogP contribution in [0, 0.1) is 23.2 Å². The first-order valence-electron chi connectivity index (χ1n) is 13.8. The maximum absolute atomic E-state index is 14.6. The van der Waals surface area contributed by atoms with Crippen molar-refractivity contribution < 1.29 is 29.0 Å². The number of hydrogen-bond acceptors (Lipinski definition) is 6. The van der Waals surface area contributed by atoms with Crippen LogP contribution in [0.2, 0.25) is 0 Å². The highest BCUT2D eigenvalue weighted by Gasteiger charge is 2.80. The molecule has 6 atom stereocenters. The monoisotopic (exact) mass is 520 g/mol. The topological polar surface area (TPSA) is 96.4 Å². The molecule has 210 valence electrons. The smallest absolute Gasteiger partial charge is 0.312 e. The number of aliphatic hydroxyl groups excluding tert-OH is 1. The van der Waals surface area contributed by atoms with Crippen molar-refractivity contribution in [3.8, 4) is 0 Å². The van der Waals surface area contributed by atoms with Gasteiger partial charge in [-0.2, -0.15) is 0 Å². The summed E-state index contributed by atoms with van der Waals surface area (Å²) in [5, 5.41) is 9.39. The van der Waals surface area contributed by atoms with Gasteiger partial charge in [-0.1, -0.05) is 33.8 Å². The van der Waals surface area contributed by atoms with E-state index in [1.807, 2.05) is 18.7 Å². The molecule has 2 amide bonds. The van der Waals surface area contributed by atoms with Crippen LogP contribution in [-0.2, 0) is 23.9 Å². The van der Waals surface area contributed by atoms with Crippen LogP contribution in [0.4, 0.5) is 0 Å². The fraction of sp³-hybridized carbons (Fsp3) is 0.828. The van der Waals surface area contributed by atoms with E-state index in [9.17, 15) is 19.5 Å². The molecule has 0 saturated carbocycles. The number of carbonyl (C=O) groups excluding carboxylic acids is 3. The Balaban J connectivity index is 2.12. The van der Waals surface area contributed by atoms with E-state index in [0.717, 1.165) is 6.42 Å². The Hall–Kier alpha value is -1.93. The van der Waals surface area contributed by atoms with E-state index < -0.39 is 40.6 Å². The molecule has 8 heteroatoms. The van der Waals surface area contributed by atoms with Crippen molar-refractivity contribution in [3.63, 3.8) is 0 Å². The van der Waals surface area contributed by atoms with Gasteiger partial charge in [-0.15, -0.1) is 6.58 Å². The van der Waals surface area contributed by atoms with Crippen LogP contribution in [0.25, 0.3) is 0 Å². The van der Waals surface area contributed by atoms with E-state index >= 15 is 0 Å². The quantitative estimate of drug-likeness (QED) is 0.254. The zero-order chi connectivity index (χ0) is 28.0. The molecular formula is C29H48N2O6. The lowest BCUT2D eigenvalue weighted by Crippen LogP contribution is -2.61. The first-order valence-corrected chi connectivity index (χ1v) is 13.8. The molecule has 1 spiro atoms. The summed E-state index contributed by atoms with van der Waals surface area (Å²) in [6.45, 7) is 21.0. The second-order valence-corrected chi connectivity index (χ2v) is 13.2. The Labute approximate surface area is 222 Å². The molecule has 3 aliphatic heterocycles. The molecule has 3 aliphatic rings. The van der Waals surface area contributed by atoms with E-state index in [1.54, 1.807) is 17.9 Å². The van der Waals surface area contributed by atoms with Gasteiger partial charge >= 0.3 is 5.97 Å². The van der Waals surface area contributed by atoms with Crippen molar-refractivity contribution in [2.24, 2.45) is 23.2 Å². The maximum Gasteiger partial charge on any atom is 0.312 e. The molecule has 3 rings (SSSR count).